The first-order valence-corrected chi connectivity index (χ1v) is 12.7. The van der Waals surface area contributed by atoms with Crippen molar-refractivity contribution in [1.82, 2.24) is 0 Å². The number of rotatable bonds is 6. The smallest absolute Gasteiger partial charge is 0.177 e. The third-order valence-corrected chi connectivity index (χ3v) is 8.51. The van der Waals surface area contributed by atoms with Gasteiger partial charge in [0, 0.05) is 25.0 Å². The first-order valence-electron chi connectivity index (χ1n) is 11.1. The van der Waals surface area contributed by atoms with Gasteiger partial charge in [-0.15, -0.1) is 22.7 Å². The van der Waals surface area contributed by atoms with Gasteiger partial charge in [-0.3, -0.25) is 0 Å². The van der Waals surface area contributed by atoms with Gasteiger partial charge in [-0.1, -0.05) is 49.7 Å². The largest absolute Gasteiger partial charge is 0.195 e. The third kappa shape index (κ3) is 3.22. The van der Waals surface area contributed by atoms with Crippen LogP contribution in [0.2, 0.25) is 0 Å². The van der Waals surface area contributed by atoms with Gasteiger partial charge in [-0.05, 0) is 83.3 Å². The molecule has 0 saturated heterocycles. The van der Waals surface area contributed by atoms with E-state index in [9.17, 15) is 4.39 Å². The van der Waals surface area contributed by atoms with Crippen molar-refractivity contribution in [1.29, 1.82) is 0 Å². The number of fused-ring (bicyclic) bond motifs is 8. The maximum absolute atomic E-state index is 13.8. The molecule has 31 heavy (non-hydrogen) atoms. The van der Waals surface area contributed by atoms with Crippen LogP contribution < -0.4 is 0 Å². The number of aryl methyl sites for hydroxylation is 3. The summed E-state index contributed by atoms with van der Waals surface area (Å²) in [5, 5.41) is 2.31. The van der Waals surface area contributed by atoms with Crippen LogP contribution in [0.25, 0.3) is 42.4 Å². The van der Waals surface area contributed by atoms with Crippen molar-refractivity contribution in [2.75, 3.05) is 0 Å². The van der Waals surface area contributed by atoms with E-state index < -0.39 is 0 Å². The van der Waals surface area contributed by atoms with Gasteiger partial charge < -0.3 is 0 Å². The van der Waals surface area contributed by atoms with Crippen molar-refractivity contribution in [2.24, 2.45) is 0 Å². The molecular weight excluding hydrogens is 419 g/mol. The summed E-state index contributed by atoms with van der Waals surface area (Å²) in [6, 6.07) is 22.0. The van der Waals surface area contributed by atoms with E-state index in [0.29, 0.717) is 0 Å². The van der Waals surface area contributed by atoms with E-state index in [1.54, 1.807) is 6.07 Å². The molecular formula is C28H23FS2. The van der Waals surface area contributed by atoms with Gasteiger partial charge in [0.2, 0.25) is 0 Å². The maximum atomic E-state index is 13.8. The minimum absolute atomic E-state index is 0.103. The second-order valence-corrected chi connectivity index (χ2v) is 10.7. The van der Waals surface area contributed by atoms with E-state index >= 15 is 0 Å². The Morgan fingerprint density at radius 2 is 1.29 bits per heavy atom. The van der Waals surface area contributed by atoms with Gasteiger partial charge in [0.25, 0.3) is 0 Å². The zero-order chi connectivity index (χ0) is 20.9. The van der Waals surface area contributed by atoms with Crippen LogP contribution >= 0.6 is 22.7 Å². The van der Waals surface area contributed by atoms with Gasteiger partial charge in [-0.25, -0.2) is 0 Å². The van der Waals surface area contributed by atoms with E-state index in [0.717, 1.165) is 22.9 Å². The molecule has 1 aliphatic carbocycles. The van der Waals surface area contributed by atoms with Gasteiger partial charge in [0.15, 0.2) is 5.13 Å². The molecule has 0 N–H and O–H groups in total. The SMILES string of the molecule is CCCCc1ccc(CCc2cc3c4c(ccc3s2)-c2c-4ccc3sc(F)cc23)cc1. The third-order valence-electron chi connectivity index (χ3n) is 6.46. The summed E-state index contributed by atoms with van der Waals surface area (Å²) >= 11 is 3.15. The highest BCUT2D eigenvalue weighted by atomic mass is 32.1. The topological polar surface area (TPSA) is 0 Å². The predicted molar refractivity (Wildman–Crippen MR) is 134 cm³/mol. The molecule has 0 bridgehead atoms. The lowest BCUT2D eigenvalue weighted by atomic mass is 9.77. The number of thiophene rings is 2. The summed E-state index contributed by atoms with van der Waals surface area (Å²) in [4.78, 5) is 1.44. The van der Waals surface area contributed by atoms with Crippen LogP contribution in [0, 0.1) is 5.13 Å². The van der Waals surface area contributed by atoms with Gasteiger partial charge in [0.1, 0.15) is 0 Å². The lowest BCUT2D eigenvalue weighted by molar-refractivity contribution is 0.658. The predicted octanol–water partition coefficient (Wildman–Crippen LogP) is 9.03. The lowest BCUT2D eigenvalue weighted by Gasteiger charge is -2.25. The van der Waals surface area contributed by atoms with E-state index in [-0.39, 0.29) is 5.13 Å². The maximum Gasteiger partial charge on any atom is 0.177 e. The van der Waals surface area contributed by atoms with Gasteiger partial charge in [0.05, 0.1) is 0 Å². The molecule has 0 spiro atoms. The number of unbranched alkanes of at least 4 members (excludes halogenated alkanes) is 1. The Kier molecular flexibility index (Phi) is 4.70. The Hall–Kier alpha value is -2.49. The monoisotopic (exact) mass is 442 g/mol. The fourth-order valence-electron chi connectivity index (χ4n) is 4.82. The lowest BCUT2D eigenvalue weighted by Crippen LogP contribution is -1.99. The summed E-state index contributed by atoms with van der Waals surface area (Å²) in [5.74, 6) is 0. The molecule has 2 aromatic heterocycles. The normalized spacial score (nSPS) is 12.2. The van der Waals surface area contributed by atoms with E-state index in [1.165, 1.54) is 78.9 Å². The van der Waals surface area contributed by atoms with Crippen molar-refractivity contribution >= 4 is 42.8 Å². The number of halogens is 1. The molecule has 3 aromatic carbocycles. The fourth-order valence-corrected chi connectivity index (χ4v) is 6.69. The fraction of sp³-hybridized carbons (Fsp3) is 0.214. The molecule has 3 heteroatoms. The summed E-state index contributed by atoms with van der Waals surface area (Å²) in [6.07, 6.45) is 5.85. The van der Waals surface area contributed by atoms with Crippen LogP contribution in [0.1, 0.15) is 35.8 Å². The van der Waals surface area contributed by atoms with Crippen LogP contribution in [0.4, 0.5) is 4.39 Å². The summed E-state index contributed by atoms with van der Waals surface area (Å²) < 4.78 is 16.2. The Morgan fingerprint density at radius 3 is 1.97 bits per heavy atom. The average Bonchev–Trinajstić information content (AvgIpc) is 3.34. The minimum atomic E-state index is -0.103. The number of benzene rings is 3. The highest BCUT2D eigenvalue weighted by molar-refractivity contribution is 7.19. The molecule has 154 valence electrons. The molecule has 0 radical (unpaired) electrons. The van der Waals surface area contributed by atoms with Crippen LogP contribution in [0.15, 0.2) is 60.7 Å². The number of hydrogen-bond acceptors (Lipinski definition) is 2. The van der Waals surface area contributed by atoms with Crippen molar-refractivity contribution in [3.8, 4) is 22.3 Å². The second-order valence-electron chi connectivity index (χ2n) is 8.48. The van der Waals surface area contributed by atoms with Crippen LogP contribution in [0.5, 0.6) is 0 Å². The zero-order valence-electron chi connectivity index (χ0n) is 17.5. The van der Waals surface area contributed by atoms with Crippen molar-refractivity contribution in [2.45, 2.75) is 39.0 Å². The quantitative estimate of drug-likeness (QED) is 0.241. The molecule has 6 rings (SSSR count). The van der Waals surface area contributed by atoms with Crippen molar-refractivity contribution in [3.05, 3.63) is 81.8 Å². The Balaban J connectivity index is 1.26. The molecule has 0 nitrogen and oxygen atoms in total. The summed E-state index contributed by atoms with van der Waals surface area (Å²) in [5.41, 5.74) is 7.99. The van der Waals surface area contributed by atoms with E-state index in [2.05, 4.69) is 61.5 Å². The van der Waals surface area contributed by atoms with Gasteiger partial charge in [-0.2, -0.15) is 4.39 Å². The zero-order valence-corrected chi connectivity index (χ0v) is 19.1. The first kappa shape index (κ1) is 19.2. The summed E-state index contributed by atoms with van der Waals surface area (Å²) in [7, 11) is 0. The minimum Gasteiger partial charge on any atom is -0.195 e. The molecule has 0 atom stereocenters. The highest BCUT2D eigenvalue weighted by Gasteiger charge is 2.28. The molecule has 2 heterocycles. The average molecular weight is 443 g/mol. The van der Waals surface area contributed by atoms with Crippen LogP contribution in [0.3, 0.4) is 0 Å². The molecule has 5 aromatic rings. The first-order chi connectivity index (χ1) is 15.2. The van der Waals surface area contributed by atoms with Crippen LogP contribution in [-0.2, 0) is 19.3 Å². The Labute approximate surface area is 190 Å². The molecule has 0 amide bonds. The number of hydrogen-bond donors (Lipinski definition) is 0. The molecule has 0 saturated carbocycles. The molecule has 0 unspecified atom stereocenters. The Bertz CT molecular complexity index is 1420. The highest BCUT2D eigenvalue weighted by Crippen LogP contribution is 2.55. The van der Waals surface area contributed by atoms with Gasteiger partial charge >= 0.3 is 0 Å². The summed E-state index contributed by atoms with van der Waals surface area (Å²) in [6.45, 7) is 2.24. The molecule has 1 aliphatic rings. The van der Waals surface area contributed by atoms with Crippen LogP contribution in [-0.4, -0.2) is 0 Å². The van der Waals surface area contributed by atoms with Crippen molar-refractivity contribution in [3.63, 3.8) is 0 Å². The van der Waals surface area contributed by atoms with Crippen molar-refractivity contribution < 1.29 is 4.39 Å². The molecule has 0 fully saturated rings. The van der Waals surface area contributed by atoms with E-state index in [4.69, 9.17) is 0 Å². The second kappa shape index (κ2) is 7.58. The Morgan fingerprint density at radius 1 is 0.677 bits per heavy atom. The molecule has 0 aliphatic heterocycles. The standard InChI is InChI=1S/C28H23FS2/c1-2-3-4-17-5-7-18(8-6-17)9-10-19-15-22-24(30-19)13-11-20-27(22)21-12-14-25-23(28(20)21)16-26(29)31-25/h5-8,11-16H,2-4,9-10H2,1H3. The van der Waals surface area contributed by atoms with E-state index in [1.807, 2.05) is 11.3 Å².